The third kappa shape index (κ3) is 10.4. The standard InChI is InChI=1S/C26H50O2/c1-5-23-24(26(2,3)21-20-25(23)27)19-17-15-13-11-9-7-6-8-10-12-14-16-18-22-28-4/h25,27H,5-22H2,1-4H3. The Bertz CT molecular complexity index is 411. The third-order valence-corrected chi connectivity index (χ3v) is 6.81. The van der Waals surface area contributed by atoms with Gasteiger partial charge in [-0.3, -0.25) is 0 Å². The summed E-state index contributed by atoms with van der Waals surface area (Å²) in [5, 5.41) is 10.3. The van der Waals surface area contributed by atoms with Crippen LogP contribution in [0.1, 0.15) is 130 Å². The zero-order valence-corrected chi connectivity index (χ0v) is 19.7. The zero-order valence-electron chi connectivity index (χ0n) is 19.7. The Hall–Kier alpha value is -0.340. The fourth-order valence-corrected chi connectivity index (χ4v) is 4.90. The molecule has 0 spiro atoms. The molecule has 0 aromatic heterocycles. The van der Waals surface area contributed by atoms with Gasteiger partial charge in [0.25, 0.3) is 0 Å². The third-order valence-electron chi connectivity index (χ3n) is 6.81. The molecule has 2 nitrogen and oxygen atoms in total. The molecule has 1 atom stereocenters. The van der Waals surface area contributed by atoms with E-state index in [0.29, 0.717) is 5.41 Å². The number of rotatable bonds is 17. The van der Waals surface area contributed by atoms with Crippen LogP contribution in [0.25, 0.3) is 0 Å². The minimum Gasteiger partial charge on any atom is -0.389 e. The second-order valence-corrected chi connectivity index (χ2v) is 9.63. The van der Waals surface area contributed by atoms with Crippen molar-refractivity contribution in [2.45, 2.75) is 136 Å². The second-order valence-electron chi connectivity index (χ2n) is 9.63. The molecular weight excluding hydrogens is 344 g/mol. The van der Waals surface area contributed by atoms with E-state index < -0.39 is 0 Å². The van der Waals surface area contributed by atoms with E-state index in [0.717, 1.165) is 25.9 Å². The highest BCUT2D eigenvalue weighted by Crippen LogP contribution is 2.43. The molecule has 0 bridgehead atoms. The van der Waals surface area contributed by atoms with Crippen molar-refractivity contribution in [3.05, 3.63) is 11.1 Å². The van der Waals surface area contributed by atoms with Crippen LogP contribution in [0.5, 0.6) is 0 Å². The quantitative estimate of drug-likeness (QED) is 0.200. The molecule has 1 rings (SSSR count). The summed E-state index contributed by atoms with van der Waals surface area (Å²) in [5.74, 6) is 0. The van der Waals surface area contributed by atoms with E-state index in [9.17, 15) is 5.11 Å². The van der Waals surface area contributed by atoms with E-state index in [-0.39, 0.29) is 6.10 Å². The SMILES string of the molecule is CCC1=C(CCCCCCCCCCCCCCCOC)C(C)(C)CCC1O. The van der Waals surface area contributed by atoms with Gasteiger partial charge in [-0.2, -0.15) is 0 Å². The topological polar surface area (TPSA) is 29.5 Å². The lowest BCUT2D eigenvalue weighted by atomic mass is 9.69. The van der Waals surface area contributed by atoms with Crippen LogP contribution in [-0.2, 0) is 4.74 Å². The summed E-state index contributed by atoms with van der Waals surface area (Å²) in [4.78, 5) is 0. The van der Waals surface area contributed by atoms with Crippen molar-refractivity contribution in [1.29, 1.82) is 0 Å². The monoisotopic (exact) mass is 394 g/mol. The van der Waals surface area contributed by atoms with Crippen molar-refractivity contribution in [2.24, 2.45) is 5.41 Å². The summed E-state index contributed by atoms with van der Waals surface area (Å²) in [5.41, 5.74) is 3.24. The predicted octanol–water partition coefficient (Wildman–Crippen LogP) is 7.98. The molecule has 28 heavy (non-hydrogen) atoms. The molecule has 0 saturated carbocycles. The van der Waals surface area contributed by atoms with Crippen molar-refractivity contribution in [1.82, 2.24) is 0 Å². The predicted molar refractivity (Wildman–Crippen MR) is 123 cm³/mol. The normalized spacial score (nSPS) is 19.4. The molecule has 1 N–H and O–H groups in total. The van der Waals surface area contributed by atoms with Gasteiger partial charge in [0.1, 0.15) is 0 Å². The molecular formula is C26H50O2. The average molecular weight is 395 g/mol. The molecule has 0 saturated heterocycles. The van der Waals surface area contributed by atoms with E-state index in [1.165, 1.54) is 95.5 Å². The Kier molecular flexibility index (Phi) is 14.2. The molecule has 1 unspecified atom stereocenters. The highest BCUT2D eigenvalue weighted by atomic mass is 16.5. The highest BCUT2D eigenvalue weighted by molar-refractivity contribution is 5.27. The van der Waals surface area contributed by atoms with Crippen molar-refractivity contribution in [2.75, 3.05) is 13.7 Å². The maximum atomic E-state index is 10.3. The van der Waals surface area contributed by atoms with Gasteiger partial charge in [-0.05, 0) is 49.5 Å². The summed E-state index contributed by atoms with van der Waals surface area (Å²) in [6, 6.07) is 0. The van der Waals surface area contributed by atoms with Crippen molar-refractivity contribution in [3.63, 3.8) is 0 Å². The lowest BCUT2D eigenvalue weighted by Gasteiger charge is -2.38. The molecule has 1 aliphatic rings. The first kappa shape index (κ1) is 25.7. The molecule has 0 aromatic carbocycles. The van der Waals surface area contributed by atoms with Gasteiger partial charge in [-0.15, -0.1) is 0 Å². The summed E-state index contributed by atoms with van der Waals surface area (Å²) in [7, 11) is 1.79. The van der Waals surface area contributed by atoms with Crippen LogP contribution in [0.3, 0.4) is 0 Å². The molecule has 0 aromatic rings. The van der Waals surface area contributed by atoms with Crippen molar-refractivity contribution in [3.8, 4) is 0 Å². The van der Waals surface area contributed by atoms with Gasteiger partial charge in [-0.25, -0.2) is 0 Å². The van der Waals surface area contributed by atoms with E-state index in [1.807, 2.05) is 0 Å². The van der Waals surface area contributed by atoms with Crippen LogP contribution in [0.4, 0.5) is 0 Å². The number of methoxy groups -OCH3 is 1. The first-order chi connectivity index (χ1) is 13.5. The van der Waals surface area contributed by atoms with Crippen LogP contribution in [0.15, 0.2) is 11.1 Å². The largest absolute Gasteiger partial charge is 0.389 e. The zero-order chi connectivity index (χ0) is 20.7. The van der Waals surface area contributed by atoms with Crippen LogP contribution < -0.4 is 0 Å². The van der Waals surface area contributed by atoms with E-state index in [1.54, 1.807) is 12.7 Å². The molecule has 166 valence electrons. The Morgan fingerprint density at radius 3 is 1.75 bits per heavy atom. The first-order valence-electron chi connectivity index (χ1n) is 12.4. The van der Waals surface area contributed by atoms with E-state index >= 15 is 0 Å². The van der Waals surface area contributed by atoms with Gasteiger partial charge >= 0.3 is 0 Å². The highest BCUT2D eigenvalue weighted by Gasteiger charge is 2.32. The minimum absolute atomic E-state index is 0.168. The van der Waals surface area contributed by atoms with E-state index in [2.05, 4.69) is 20.8 Å². The fraction of sp³-hybridized carbons (Fsp3) is 0.923. The number of aliphatic hydroxyl groups is 1. The molecule has 0 fully saturated rings. The number of hydrogen-bond acceptors (Lipinski definition) is 2. The summed E-state index contributed by atoms with van der Waals surface area (Å²) in [6.07, 6.45) is 22.1. The van der Waals surface area contributed by atoms with Crippen LogP contribution in [0.2, 0.25) is 0 Å². The van der Waals surface area contributed by atoms with Crippen LogP contribution >= 0.6 is 0 Å². The minimum atomic E-state index is -0.168. The van der Waals surface area contributed by atoms with Crippen LogP contribution in [0, 0.1) is 5.41 Å². The van der Waals surface area contributed by atoms with Gasteiger partial charge in [0.05, 0.1) is 6.10 Å². The molecule has 0 amide bonds. The molecule has 2 heteroatoms. The molecule has 0 heterocycles. The Labute approximate surface area is 176 Å². The average Bonchev–Trinajstić information content (AvgIpc) is 2.67. The number of allylic oxidation sites excluding steroid dienone is 1. The fourth-order valence-electron chi connectivity index (χ4n) is 4.90. The maximum Gasteiger partial charge on any atom is 0.0753 e. The van der Waals surface area contributed by atoms with Gasteiger partial charge in [-0.1, -0.05) is 97.0 Å². The van der Waals surface area contributed by atoms with Crippen molar-refractivity contribution < 1.29 is 9.84 Å². The summed E-state index contributed by atoms with van der Waals surface area (Å²) < 4.78 is 5.09. The van der Waals surface area contributed by atoms with Gasteiger partial charge in [0, 0.05) is 13.7 Å². The summed E-state index contributed by atoms with van der Waals surface area (Å²) >= 11 is 0. The number of aliphatic hydroxyl groups excluding tert-OH is 1. The van der Waals surface area contributed by atoms with E-state index in [4.69, 9.17) is 4.74 Å². The number of unbranched alkanes of at least 4 members (excludes halogenated alkanes) is 12. The summed E-state index contributed by atoms with van der Waals surface area (Å²) in [6.45, 7) is 7.89. The first-order valence-corrected chi connectivity index (χ1v) is 12.4. The van der Waals surface area contributed by atoms with Gasteiger partial charge in [0.2, 0.25) is 0 Å². The molecule has 0 radical (unpaired) electrons. The second kappa shape index (κ2) is 15.5. The lowest BCUT2D eigenvalue weighted by molar-refractivity contribution is 0.154. The Morgan fingerprint density at radius 1 is 0.821 bits per heavy atom. The van der Waals surface area contributed by atoms with Gasteiger partial charge in [0.15, 0.2) is 0 Å². The maximum absolute atomic E-state index is 10.3. The van der Waals surface area contributed by atoms with Crippen LogP contribution in [-0.4, -0.2) is 24.9 Å². The Morgan fingerprint density at radius 2 is 1.29 bits per heavy atom. The Balaban J connectivity index is 1.99. The molecule has 1 aliphatic carbocycles. The number of hydrogen-bond donors (Lipinski definition) is 1. The molecule has 0 aliphatic heterocycles. The van der Waals surface area contributed by atoms with Gasteiger partial charge < -0.3 is 9.84 Å². The number of ether oxygens (including phenoxy) is 1. The van der Waals surface area contributed by atoms with Crippen molar-refractivity contribution >= 4 is 0 Å². The lowest BCUT2D eigenvalue weighted by Crippen LogP contribution is -2.28. The smallest absolute Gasteiger partial charge is 0.0753 e.